The zero-order chi connectivity index (χ0) is 20.4. The summed E-state index contributed by atoms with van der Waals surface area (Å²) in [5.74, 6) is -1.53. The first-order chi connectivity index (χ1) is 12.4. The van der Waals surface area contributed by atoms with E-state index in [2.05, 4.69) is 5.32 Å². The van der Waals surface area contributed by atoms with Gasteiger partial charge in [0.2, 0.25) is 5.91 Å². The minimum Gasteiger partial charge on any atom is -0.369 e. The molecule has 2 rings (SSSR count). The second-order valence-electron chi connectivity index (χ2n) is 6.28. The van der Waals surface area contributed by atoms with Crippen LogP contribution in [0.25, 0.3) is 0 Å². The normalized spacial score (nSPS) is 17.0. The highest BCUT2D eigenvalue weighted by Crippen LogP contribution is 2.36. The fraction of sp³-hybridized carbons (Fsp3) is 0.500. The number of likely N-dealkylation sites (tertiary alicyclic amines) is 1. The second-order valence-corrected chi connectivity index (χ2v) is 6.28. The number of nitrogens with two attached hydrogens (primary N) is 1. The van der Waals surface area contributed by atoms with Crippen LogP contribution in [0.1, 0.15) is 34.3 Å². The minimum atomic E-state index is -5.02. The SMILES string of the molecule is NC(=O)CN1CCC(NC(=O)c2cc(C(F)(F)F)cc(C(F)(F)F)c2)CC1. The Hall–Kier alpha value is -2.30. The molecule has 150 valence electrons. The summed E-state index contributed by atoms with van der Waals surface area (Å²) in [5.41, 5.74) is 1.28. The van der Waals surface area contributed by atoms with Crippen molar-refractivity contribution in [2.45, 2.75) is 31.2 Å². The van der Waals surface area contributed by atoms with Gasteiger partial charge in [-0.3, -0.25) is 14.5 Å². The number of piperidine rings is 1. The maximum atomic E-state index is 12.9. The largest absolute Gasteiger partial charge is 0.416 e. The number of amides is 2. The minimum absolute atomic E-state index is 0.0287. The average molecular weight is 397 g/mol. The van der Waals surface area contributed by atoms with E-state index in [1.54, 1.807) is 4.90 Å². The van der Waals surface area contributed by atoms with Gasteiger partial charge in [-0.05, 0) is 31.0 Å². The molecule has 0 aromatic heterocycles. The first-order valence-corrected chi connectivity index (χ1v) is 7.97. The van der Waals surface area contributed by atoms with Crippen LogP contribution in [0.3, 0.4) is 0 Å². The van der Waals surface area contributed by atoms with Crippen LogP contribution in [0.5, 0.6) is 0 Å². The van der Waals surface area contributed by atoms with E-state index in [9.17, 15) is 35.9 Å². The van der Waals surface area contributed by atoms with Crippen LogP contribution in [-0.4, -0.2) is 42.4 Å². The molecule has 0 atom stereocenters. The zero-order valence-corrected chi connectivity index (χ0v) is 14.0. The molecule has 0 spiro atoms. The van der Waals surface area contributed by atoms with Gasteiger partial charge in [0.25, 0.3) is 5.91 Å². The van der Waals surface area contributed by atoms with Gasteiger partial charge in [0, 0.05) is 24.7 Å². The number of nitrogens with one attached hydrogen (secondary N) is 1. The molecule has 1 saturated heterocycles. The van der Waals surface area contributed by atoms with E-state index in [-0.39, 0.29) is 12.6 Å². The maximum absolute atomic E-state index is 12.9. The summed E-state index contributed by atoms with van der Waals surface area (Å²) in [6, 6.07) is 0.337. The average Bonchev–Trinajstić information content (AvgIpc) is 2.54. The maximum Gasteiger partial charge on any atom is 0.416 e. The van der Waals surface area contributed by atoms with E-state index in [4.69, 9.17) is 5.73 Å². The van der Waals surface area contributed by atoms with Gasteiger partial charge in [0.05, 0.1) is 17.7 Å². The van der Waals surface area contributed by atoms with E-state index in [1.807, 2.05) is 0 Å². The number of hydrogen-bond acceptors (Lipinski definition) is 3. The van der Waals surface area contributed by atoms with Crippen molar-refractivity contribution in [2.75, 3.05) is 19.6 Å². The Morgan fingerprint density at radius 3 is 1.89 bits per heavy atom. The van der Waals surface area contributed by atoms with Gasteiger partial charge in [-0.1, -0.05) is 0 Å². The van der Waals surface area contributed by atoms with Crippen LogP contribution in [0.2, 0.25) is 0 Å². The van der Waals surface area contributed by atoms with Crippen molar-refractivity contribution in [1.82, 2.24) is 10.2 Å². The van der Waals surface area contributed by atoms with Crippen molar-refractivity contribution in [3.05, 3.63) is 34.9 Å². The first kappa shape index (κ1) is 21.0. The molecule has 0 saturated carbocycles. The Labute approximate surface area is 150 Å². The molecule has 1 fully saturated rings. The van der Waals surface area contributed by atoms with Crippen molar-refractivity contribution in [3.63, 3.8) is 0 Å². The van der Waals surface area contributed by atoms with Gasteiger partial charge < -0.3 is 11.1 Å². The number of halogens is 6. The molecule has 1 aliphatic heterocycles. The smallest absolute Gasteiger partial charge is 0.369 e. The van der Waals surface area contributed by atoms with Crippen molar-refractivity contribution in [3.8, 4) is 0 Å². The number of rotatable bonds is 4. The molecule has 3 N–H and O–H groups in total. The van der Waals surface area contributed by atoms with E-state index >= 15 is 0 Å². The number of carbonyl (C=O) groups excluding carboxylic acids is 2. The Balaban J connectivity index is 2.13. The third-order valence-corrected chi connectivity index (χ3v) is 4.15. The van der Waals surface area contributed by atoms with Crippen LogP contribution in [-0.2, 0) is 17.1 Å². The molecular formula is C16H17F6N3O2. The Bertz CT molecular complexity index is 677. The second kappa shape index (κ2) is 7.75. The number of alkyl halides is 6. The molecule has 1 aliphatic rings. The van der Waals surface area contributed by atoms with Crippen LogP contribution in [0.4, 0.5) is 26.3 Å². The van der Waals surface area contributed by atoms with Gasteiger partial charge >= 0.3 is 12.4 Å². The lowest BCUT2D eigenvalue weighted by atomic mass is 10.0. The van der Waals surface area contributed by atoms with Crippen molar-refractivity contribution in [2.24, 2.45) is 5.73 Å². The summed E-state index contributed by atoms with van der Waals surface area (Å²) in [6.45, 7) is 0.887. The quantitative estimate of drug-likeness (QED) is 0.767. The predicted molar refractivity (Wildman–Crippen MR) is 82.6 cm³/mol. The highest BCUT2D eigenvalue weighted by molar-refractivity contribution is 5.94. The molecule has 2 amide bonds. The van der Waals surface area contributed by atoms with Crippen LogP contribution in [0, 0.1) is 0 Å². The summed E-state index contributed by atoms with van der Waals surface area (Å²) in [5, 5.41) is 2.45. The molecule has 0 unspecified atom stereocenters. The molecule has 27 heavy (non-hydrogen) atoms. The number of primary amides is 1. The first-order valence-electron chi connectivity index (χ1n) is 7.97. The molecule has 0 aliphatic carbocycles. The van der Waals surface area contributed by atoms with Crippen LogP contribution >= 0.6 is 0 Å². The zero-order valence-electron chi connectivity index (χ0n) is 14.0. The Kier molecular flexibility index (Phi) is 6.03. The molecule has 0 bridgehead atoms. The molecule has 1 aromatic rings. The third kappa shape index (κ3) is 5.84. The fourth-order valence-corrected chi connectivity index (χ4v) is 2.81. The molecule has 0 radical (unpaired) electrons. The summed E-state index contributed by atoms with van der Waals surface area (Å²) < 4.78 is 77.2. The van der Waals surface area contributed by atoms with Crippen molar-refractivity contribution < 1.29 is 35.9 Å². The third-order valence-electron chi connectivity index (χ3n) is 4.15. The molecular weight excluding hydrogens is 380 g/mol. The highest BCUT2D eigenvalue weighted by atomic mass is 19.4. The fourth-order valence-electron chi connectivity index (χ4n) is 2.81. The number of carbonyl (C=O) groups is 2. The Morgan fingerprint density at radius 2 is 1.48 bits per heavy atom. The number of nitrogens with zero attached hydrogens (tertiary/aromatic N) is 1. The van der Waals surface area contributed by atoms with Gasteiger partial charge in [-0.2, -0.15) is 26.3 Å². The standard InChI is InChI=1S/C16H17F6N3O2/c17-15(18,19)10-5-9(6-11(7-10)16(20,21)22)14(27)24-12-1-3-25(4-2-12)8-13(23)26/h5-7,12H,1-4,8H2,(H2,23,26)(H,24,27). The van der Waals surface area contributed by atoms with Gasteiger partial charge in [-0.25, -0.2) is 0 Å². The summed E-state index contributed by atoms with van der Waals surface area (Å²) in [4.78, 5) is 24.8. The lowest BCUT2D eigenvalue weighted by molar-refractivity contribution is -0.143. The topological polar surface area (TPSA) is 75.4 Å². The van der Waals surface area contributed by atoms with E-state index in [0.717, 1.165) is 0 Å². The van der Waals surface area contributed by atoms with Gasteiger partial charge in [-0.15, -0.1) is 0 Å². The van der Waals surface area contributed by atoms with Crippen LogP contribution < -0.4 is 11.1 Å². The van der Waals surface area contributed by atoms with Crippen molar-refractivity contribution in [1.29, 1.82) is 0 Å². The van der Waals surface area contributed by atoms with Gasteiger partial charge in [0.1, 0.15) is 0 Å². The molecule has 1 heterocycles. The summed E-state index contributed by atoms with van der Waals surface area (Å²) in [6.07, 6.45) is -9.25. The van der Waals surface area contributed by atoms with E-state index < -0.39 is 46.9 Å². The number of benzene rings is 1. The predicted octanol–water partition coefficient (Wildman–Crippen LogP) is 2.40. The lowest BCUT2D eigenvalue weighted by Gasteiger charge is -2.31. The highest BCUT2D eigenvalue weighted by Gasteiger charge is 2.37. The summed E-state index contributed by atoms with van der Waals surface area (Å²) in [7, 11) is 0. The van der Waals surface area contributed by atoms with E-state index in [0.29, 0.717) is 38.1 Å². The molecule has 5 nitrogen and oxygen atoms in total. The van der Waals surface area contributed by atoms with Crippen molar-refractivity contribution >= 4 is 11.8 Å². The monoisotopic (exact) mass is 397 g/mol. The summed E-state index contributed by atoms with van der Waals surface area (Å²) >= 11 is 0. The van der Waals surface area contributed by atoms with Crippen LogP contribution in [0.15, 0.2) is 18.2 Å². The number of hydrogen-bond donors (Lipinski definition) is 2. The Morgan fingerprint density at radius 1 is 1.00 bits per heavy atom. The van der Waals surface area contributed by atoms with Gasteiger partial charge in [0.15, 0.2) is 0 Å². The van der Waals surface area contributed by atoms with E-state index in [1.165, 1.54) is 0 Å². The molecule has 11 heteroatoms. The molecule has 1 aromatic carbocycles. The lowest BCUT2D eigenvalue weighted by Crippen LogP contribution is -2.46.